The lowest BCUT2D eigenvalue weighted by molar-refractivity contribution is -0.141. The third kappa shape index (κ3) is 4.53. The summed E-state index contributed by atoms with van der Waals surface area (Å²) in [6, 6.07) is 0.118. The Balaban J connectivity index is 1.75. The van der Waals surface area contributed by atoms with E-state index in [2.05, 4.69) is 17.6 Å². The van der Waals surface area contributed by atoms with Crippen LogP contribution in [-0.2, 0) is 4.79 Å². The zero-order chi connectivity index (χ0) is 15.3. The summed E-state index contributed by atoms with van der Waals surface area (Å²) < 4.78 is 0. The maximum atomic E-state index is 12.0. The van der Waals surface area contributed by atoms with Gasteiger partial charge in [0.15, 0.2) is 0 Å². The molecule has 2 fully saturated rings. The maximum Gasteiger partial charge on any atom is 0.315 e. The quantitative estimate of drug-likeness (QED) is 0.675. The first-order chi connectivity index (χ1) is 10.0. The zero-order valence-corrected chi connectivity index (χ0v) is 13.5. The second-order valence-corrected chi connectivity index (χ2v) is 7.80. The predicted octanol–water partition coefficient (Wildman–Crippen LogP) is 2.60. The molecule has 21 heavy (non-hydrogen) atoms. The molecule has 0 spiro atoms. The summed E-state index contributed by atoms with van der Waals surface area (Å²) in [5, 5.41) is 15.5. The van der Waals surface area contributed by atoms with E-state index in [1.54, 1.807) is 0 Å². The molecule has 0 aromatic carbocycles. The van der Waals surface area contributed by atoms with E-state index in [-0.39, 0.29) is 23.9 Å². The molecule has 5 nitrogen and oxygen atoms in total. The molecule has 2 rings (SSSR count). The summed E-state index contributed by atoms with van der Waals surface area (Å²) in [4.78, 5) is 23.0. The summed E-state index contributed by atoms with van der Waals surface area (Å²) in [6.45, 7) is 2.62. The molecule has 120 valence electrons. The van der Waals surface area contributed by atoms with E-state index >= 15 is 0 Å². The summed E-state index contributed by atoms with van der Waals surface area (Å²) in [5.41, 5.74) is -0.212. The fraction of sp³-hybridized carbons (Fsp3) is 0.867. The van der Waals surface area contributed by atoms with Gasteiger partial charge in [-0.3, -0.25) is 4.79 Å². The van der Waals surface area contributed by atoms with Crippen molar-refractivity contribution < 1.29 is 14.7 Å². The first-order valence-corrected chi connectivity index (χ1v) is 8.97. The topological polar surface area (TPSA) is 78.4 Å². The molecule has 0 aromatic heterocycles. The molecule has 2 saturated carbocycles. The third-order valence-electron chi connectivity index (χ3n) is 4.71. The monoisotopic (exact) mass is 314 g/mol. The van der Waals surface area contributed by atoms with Gasteiger partial charge >= 0.3 is 12.0 Å². The van der Waals surface area contributed by atoms with E-state index in [4.69, 9.17) is 5.11 Å². The lowest BCUT2D eigenvalue weighted by Gasteiger charge is -2.40. The van der Waals surface area contributed by atoms with Crippen LogP contribution in [0.3, 0.4) is 0 Å². The number of urea groups is 1. The van der Waals surface area contributed by atoms with Gasteiger partial charge in [-0.05, 0) is 36.9 Å². The second kappa shape index (κ2) is 7.38. The number of carbonyl (C=O) groups excluding carboxylic acids is 1. The highest BCUT2D eigenvalue weighted by atomic mass is 32.2. The first-order valence-electron chi connectivity index (χ1n) is 7.92. The van der Waals surface area contributed by atoms with Gasteiger partial charge in [0.1, 0.15) is 0 Å². The predicted molar refractivity (Wildman–Crippen MR) is 84.6 cm³/mol. The molecule has 6 heteroatoms. The number of hydrogen-bond acceptors (Lipinski definition) is 3. The Kier molecular flexibility index (Phi) is 5.79. The molecule has 0 aliphatic heterocycles. The molecule has 3 N–H and O–H groups in total. The summed E-state index contributed by atoms with van der Waals surface area (Å²) >= 11 is 1.92. The van der Waals surface area contributed by atoms with Gasteiger partial charge in [0.2, 0.25) is 0 Å². The van der Waals surface area contributed by atoms with Crippen molar-refractivity contribution >= 4 is 23.8 Å². The van der Waals surface area contributed by atoms with Crippen LogP contribution in [0.1, 0.15) is 51.9 Å². The van der Waals surface area contributed by atoms with Crippen LogP contribution in [-0.4, -0.2) is 40.7 Å². The number of carboxylic acids is 1. The molecule has 2 amide bonds. The maximum absolute atomic E-state index is 12.0. The van der Waals surface area contributed by atoms with E-state index in [1.807, 2.05) is 11.8 Å². The normalized spacial score (nSPS) is 26.9. The number of rotatable bonds is 7. The van der Waals surface area contributed by atoms with Crippen molar-refractivity contribution in [1.82, 2.24) is 10.6 Å². The summed E-state index contributed by atoms with van der Waals surface area (Å²) in [5.74, 6) is 0.304. The molecule has 2 aliphatic carbocycles. The Labute approximate surface area is 130 Å². The van der Waals surface area contributed by atoms with Crippen molar-refractivity contribution in [1.29, 1.82) is 0 Å². The van der Waals surface area contributed by atoms with Crippen LogP contribution in [0, 0.1) is 5.41 Å². The molecular formula is C15H26N2O3S. The van der Waals surface area contributed by atoms with Crippen molar-refractivity contribution in [3.63, 3.8) is 0 Å². The highest BCUT2D eigenvalue weighted by Crippen LogP contribution is 2.43. The minimum Gasteiger partial charge on any atom is -0.481 e. The zero-order valence-electron chi connectivity index (χ0n) is 12.7. The second-order valence-electron chi connectivity index (χ2n) is 6.28. The molecular weight excluding hydrogens is 288 g/mol. The summed E-state index contributed by atoms with van der Waals surface area (Å²) in [6.07, 6.45) is 6.41. The minimum atomic E-state index is -0.771. The molecule has 2 atom stereocenters. The Hall–Kier alpha value is -0.910. The highest BCUT2D eigenvalue weighted by Gasteiger charge is 2.39. The van der Waals surface area contributed by atoms with Gasteiger partial charge in [0.05, 0.1) is 6.42 Å². The minimum absolute atomic E-state index is 0.139. The van der Waals surface area contributed by atoms with Crippen LogP contribution in [0.4, 0.5) is 4.79 Å². The van der Waals surface area contributed by atoms with Crippen molar-refractivity contribution in [3.8, 4) is 0 Å². The number of amides is 2. The molecule has 0 radical (unpaired) electrons. The van der Waals surface area contributed by atoms with E-state index in [9.17, 15) is 9.59 Å². The van der Waals surface area contributed by atoms with E-state index < -0.39 is 5.97 Å². The van der Waals surface area contributed by atoms with Crippen LogP contribution in [0.25, 0.3) is 0 Å². The number of aliphatic carboxylic acids is 1. The lowest BCUT2D eigenvalue weighted by Crippen LogP contribution is -2.49. The van der Waals surface area contributed by atoms with E-state index in [0.717, 1.165) is 31.4 Å². The molecule has 0 aromatic rings. The van der Waals surface area contributed by atoms with Gasteiger partial charge in [-0.1, -0.05) is 19.8 Å². The third-order valence-corrected chi connectivity index (χ3v) is 6.04. The van der Waals surface area contributed by atoms with Crippen LogP contribution in [0.5, 0.6) is 0 Å². The van der Waals surface area contributed by atoms with Crippen LogP contribution in [0.15, 0.2) is 0 Å². The first kappa shape index (κ1) is 16.5. The number of thioether (sulfide) groups is 1. The van der Waals surface area contributed by atoms with E-state index in [0.29, 0.717) is 11.8 Å². The fourth-order valence-corrected chi connectivity index (χ4v) is 4.60. The van der Waals surface area contributed by atoms with Gasteiger partial charge in [-0.15, -0.1) is 0 Å². The lowest BCUT2D eigenvalue weighted by atomic mass is 9.66. The number of carbonyl (C=O) groups is 2. The number of hydrogen-bond donors (Lipinski definition) is 3. The van der Waals surface area contributed by atoms with Gasteiger partial charge < -0.3 is 15.7 Å². The fourth-order valence-electron chi connectivity index (χ4n) is 3.41. The highest BCUT2D eigenvalue weighted by molar-refractivity contribution is 7.99. The summed E-state index contributed by atoms with van der Waals surface area (Å²) in [7, 11) is 0. The Bertz CT molecular complexity index is 385. The van der Waals surface area contributed by atoms with E-state index in [1.165, 1.54) is 12.8 Å². The van der Waals surface area contributed by atoms with Crippen LogP contribution < -0.4 is 10.6 Å². The number of carboxylic acid groups (broad SMARTS) is 1. The average Bonchev–Trinajstić information content (AvgIpc) is 2.80. The van der Waals surface area contributed by atoms with Gasteiger partial charge in [0, 0.05) is 17.8 Å². The Morgan fingerprint density at radius 3 is 2.62 bits per heavy atom. The van der Waals surface area contributed by atoms with Crippen molar-refractivity contribution in [2.45, 2.75) is 63.2 Å². The number of nitrogens with one attached hydrogen (secondary N) is 2. The van der Waals surface area contributed by atoms with Gasteiger partial charge in [-0.25, -0.2) is 4.79 Å². The van der Waals surface area contributed by atoms with Crippen molar-refractivity contribution in [2.75, 3.05) is 12.3 Å². The molecule has 0 heterocycles. The van der Waals surface area contributed by atoms with Gasteiger partial charge in [0.25, 0.3) is 0 Å². The molecule has 0 bridgehead atoms. The van der Waals surface area contributed by atoms with Crippen molar-refractivity contribution in [3.05, 3.63) is 0 Å². The van der Waals surface area contributed by atoms with Crippen molar-refractivity contribution in [2.24, 2.45) is 5.41 Å². The Morgan fingerprint density at radius 2 is 2.05 bits per heavy atom. The van der Waals surface area contributed by atoms with Gasteiger partial charge in [-0.2, -0.15) is 11.8 Å². The Morgan fingerprint density at radius 1 is 1.29 bits per heavy atom. The standard InChI is InChI=1S/C15H26N2O3S/c1-2-21-12-6-3-5-11(12)17-14(20)16-10-15(7-4-8-15)9-13(18)19/h11-12H,2-10H2,1H3,(H,18,19)(H2,16,17,20). The smallest absolute Gasteiger partial charge is 0.315 e. The largest absolute Gasteiger partial charge is 0.481 e. The van der Waals surface area contributed by atoms with Crippen LogP contribution in [0.2, 0.25) is 0 Å². The molecule has 2 unspecified atom stereocenters. The molecule has 2 aliphatic rings. The molecule has 0 saturated heterocycles. The van der Waals surface area contributed by atoms with Crippen LogP contribution >= 0.6 is 11.8 Å². The SMILES string of the molecule is CCSC1CCCC1NC(=O)NCC1(CC(=O)O)CCC1. The average molecular weight is 314 g/mol.